The fourth-order valence-electron chi connectivity index (χ4n) is 1.01. The maximum absolute atomic E-state index is 11.7. The van der Waals surface area contributed by atoms with Gasteiger partial charge in [-0.1, -0.05) is 0 Å². The highest BCUT2D eigenvalue weighted by molar-refractivity contribution is 5.68. The molecule has 0 rings (SSSR count). The van der Waals surface area contributed by atoms with E-state index in [0.717, 1.165) is 0 Å². The minimum atomic E-state index is -0.519. The SMILES string of the molecule is COCCN(CCC#N)C(=O)OC(C)(C)C. The van der Waals surface area contributed by atoms with E-state index in [2.05, 4.69) is 0 Å². The molecular weight excluding hydrogens is 208 g/mol. The summed E-state index contributed by atoms with van der Waals surface area (Å²) in [5.74, 6) is 0. The van der Waals surface area contributed by atoms with E-state index in [0.29, 0.717) is 26.1 Å². The molecule has 0 aliphatic heterocycles. The van der Waals surface area contributed by atoms with E-state index in [1.807, 2.05) is 26.8 Å². The van der Waals surface area contributed by atoms with Gasteiger partial charge in [-0.25, -0.2) is 4.79 Å². The van der Waals surface area contributed by atoms with Gasteiger partial charge in [-0.2, -0.15) is 5.26 Å². The molecule has 0 aliphatic rings. The lowest BCUT2D eigenvalue weighted by Gasteiger charge is -2.26. The van der Waals surface area contributed by atoms with E-state index in [1.165, 1.54) is 4.90 Å². The summed E-state index contributed by atoms with van der Waals surface area (Å²) < 4.78 is 10.1. The zero-order valence-corrected chi connectivity index (χ0v) is 10.4. The van der Waals surface area contributed by atoms with Crippen LogP contribution in [0.15, 0.2) is 0 Å². The molecule has 5 heteroatoms. The molecule has 0 radical (unpaired) electrons. The Kier molecular flexibility index (Phi) is 6.50. The van der Waals surface area contributed by atoms with Crippen molar-refractivity contribution < 1.29 is 14.3 Å². The third kappa shape index (κ3) is 7.07. The molecule has 0 saturated heterocycles. The number of hydrogen-bond donors (Lipinski definition) is 0. The first kappa shape index (κ1) is 14.7. The molecule has 5 nitrogen and oxygen atoms in total. The van der Waals surface area contributed by atoms with E-state index in [-0.39, 0.29) is 0 Å². The fourth-order valence-corrected chi connectivity index (χ4v) is 1.01. The number of carbonyl (C=O) groups is 1. The summed E-state index contributed by atoms with van der Waals surface area (Å²) in [6, 6.07) is 2.00. The molecule has 0 atom stereocenters. The molecule has 0 bridgehead atoms. The van der Waals surface area contributed by atoms with Crippen molar-refractivity contribution in [2.24, 2.45) is 0 Å². The quantitative estimate of drug-likeness (QED) is 0.719. The van der Waals surface area contributed by atoms with Crippen molar-refractivity contribution in [3.8, 4) is 6.07 Å². The van der Waals surface area contributed by atoms with Gasteiger partial charge in [0, 0.05) is 20.2 Å². The van der Waals surface area contributed by atoms with Crippen LogP contribution in [0.3, 0.4) is 0 Å². The number of rotatable bonds is 5. The lowest BCUT2D eigenvalue weighted by Crippen LogP contribution is -2.39. The lowest BCUT2D eigenvalue weighted by atomic mass is 10.2. The first-order valence-corrected chi connectivity index (χ1v) is 5.24. The highest BCUT2D eigenvalue weighted by Gasteiger charge is 2.21. The van der Waals surface area contributed by atoms with Crippen LogP contribution < -0.4 is 0 Å². The van der Waals surface area contributed by atoms with Crippen LogP contribution in [0.2, 0.25) is 0 Å². The summed E-state index contributed by atoms with van der Waals surface area (Å²) in [7, 11) is 1.57. The second kappa shape index (κ2) is 7.07. The summed E-state index contributed by atoms with van der Waals surface area (Å²) in [6.45, 7) is 6.67. The summed E-state index contributed by atoms with van der Waals surface area (Å²) >= 11 is 0. The summed E-state index contributed by atoms with van der Waals surface area (Å²) in [6.07, 6.45) is -0.108. The van der Waals surface area contributed by atoms with E-state index in [9.17, 15) is 4.79 Å². The van der Waals surface area contributed by atoms with Gasteiger partial charge < -0.3 is 14.4 Å². The Bertz CT molecular complexity index is 253. The summed E-state index contributed by atoms with van der Waals surface area (Å²) in [5, 5.41) is 8.49. The Morgan fingerprint density at radius 3 is 2.44 bits per heavy atom. The monoisotopic (exact) mass is 228 g/mol. The standard InChI is InChI=1S/C11H20N2O3/c1-11(2,3)16-10(14)13(7-5-6-12)8-9-15-4/h5,7-9H2,1-4H3. The van der Waals surface area contributed by atoms with Crippen molar-refractivity contribution in [2.45, 2.75) is 32.8 Å². The number of methoxy groups -OCH3 is 1. The number of hydrogen-bond acceptors (Lipinski definition) is 4. The molecule has 0 N–H and O–H groups in total. The van der Waals surface area contributed by atoms with Crippen molar-refractivity contribution in [1.29, 1.82) is 5.26 Å². The molecule has 0 aliphatic carbocycles. The topological polar surface area (TPSA) is 62.6 Å². The maximum Gasteiger partial charge on any atom is 0.410 e. The van der Waals surface area contributed by atoms with E-state index in [1.54, 1.807) is 7.11 Å². The van der Waals surface area contributed by atoms with Crippen LogP contribution in [0.25, 0.3) is 0 Å². The zero-order chi connectivity index (χ0) is 12.6. The highest BCUT2D eigenvalue weighted by Crippen LogP contribution is 2.10. The molecule has 0 aromatic heterocycles. The lowest BCUT2D eigenvalue weighted by molar-refractivity contribution is 0.0206. The van der Waals surface area contributed by atoms with Crippen molar-refractivity contribution in [3.63, 3.8) is 0 Å². The zero-order valence-electron chi connectivity index (χ0n) is 10.4. The van der Waals surface area contributed by atoms with Crippen molar-refractivity contribution in [2.75, 3.05) is 26.8 Å². The third-order valence-electron chi connectivity index (χ3n) is 1.71. The first-order chi connectivity index (χ1) is 7.40. The molecule has 0 unspecified atom stereocenters. The van der Waals surface area contributed by atoms with Gasteiger partial charge in [0.1, 0.15) is 5.60 Å². The van der Waals surface area contributed by atoms with Gasteiger partial charge in [0.25, 0.3) is 0 Å². The molecule has 92 valence electrons. The van der Waals surface area contributed by atoms with Crippen LogP contribution in [-0.2, 0) is 9.47 Å². The average molecular weight is 228 g/mol. The van der Waals surface area contributed by atoms with Crippen LogP contribution >= 0.6 is 0 Å². The van der Waals surface area contributed by atoms with Gasteiger partial charge >= 0.3 is 6.09 Å². The van der Waals surface area contributed by atoms with Crippen LogP contribution in [0.5, 0.6) is 0 Å². The van der Waals surface area contributed by atoms with Gasteiger partial charge in [0.05, 0.1) is 19.1 Å². The average Bonchev–Trinajstić information content (AvgIpc) is 2.15. The Hall–Kier alpha value is -1.28. The van der Waals surface area contributed by atoms with E-state index in [4.69, 9.17) is 14.7 Å². The second-order valence-electron chi connectivity index (χ2n) is 4.37. The Morgan fingerprint density at radius 1 is 1.38 bits per heavy atom. The van der Waals surface area contributed by atoms with Gasteiger partial charge in [0.15, 0.2) is 0 Å². The third-order valence-corrected chi connectivity index (χ3v) is 1.71. The minimum Gasteiger partial charge on any atom is -0.444 e. The Balaban J connectivity index is 4.26. The number of carbonyl (C=O) groups excluding carboxylic acids is 1. The second-order valence-corrected chi connectivity index (χ2v) is 4.37. The van der Waals surface area contributed by atoms with Gasteiger partial charge in [0.2, 0.25) is 0 Å². The number of ether oxygens (including phenoxy) is 2. The van der Waals surface area contributed by atoms with Crippen LogP contribution in [0.4, 0.5) is 4.79 Å². The smallest absolute Gasteiger partial charge is 0.410 e. The largest absolute Gasteiger partial charge is 0.444 e. The maximum atomic E-state index is 11.7. The molecule has 1 amide bonds. The summed E-state index contributed by atoms with van der Waals surface area (Å²) in [5.41, 5.74) is -0.519. The predicted octanol–water partition coefficient (Wildman–Crippen LogP) is 1.78. The molecule has 16 heavy (non-hydrogen) atoms. The van der Waals surface area contributed by atoms with E-state index < -0.39 is 11.7 Å². The van der Waals surface area contributed by atoms with Crippen LogP contribution in [-0.4, -0.2) is 43.4 Å². The highest BCUT2D eigenvalue weighted by atomic mass is 16.6. The van der Waals surface area contributed by atoms with Gasteiger partial charge in [-0.15, -0.1) is 0 Å². The molecular formula is C11H20N2O3. The minimum absolute atomic E-state index is 0.295. The molecule has 0 aromatic rings. The normalized spacial score (nSPS) is 10.7. The van der Waals surface area contributed by atoms with Crippen molar-refractivity contribution >= 4 is 6.09 Å². The van der Waals surface area contributed by atoms with Gasteiger partial charge in [-0.3, -0.25) is 0 Å². The first-order valence-electron chi connectivity index (χ1n) is 5.24. The molecule has 0 aromatic carbocycles. The molecule has 0 saturated carbocycles. The molecule has 0 heterocycles. The van der Waals surface area contributed by atoms with Crippen molar-refractivity contribution in [3.05, 3.63) is 0 Å². The van der Waals surface area contributed by atoms with Gasteiger partial charge in [-0.05, 0) is 20.8 Å². The summed E-state index contributed by atoms with van der Waals surface area (Å²) in [4.78, 5) is 13.2. The number of nitrogens with zero attached hydrogens (tertiary/aromatic N) is 2. The number of amides is 1. The Labute approximate surface area is 96.9 Å². The van der Waals surface area contributed by atoms with E-state index >= 15 is 0 Å². The van der Waals surface area contributed by atoms with Crippen LogP contribution in [0, 0.1) is 11.3 Å². The predicted molar refractivity (Wildman–Crippen MR) is 59.9 cm³/mol. The van der Waals surface area contributed by atoms with Crippen molar-refractivity contribution in [1.82, 2.24) is 4.90 Å². The molecule has 0 fully saturated rings. The fraction of sp³-hybridized carbons (Fsp3) is 0.818. The van der Waals surface area contributed by atoms with Crippen LogP contribution in [0.1, 0.15) is 27.2 Å². The molecule has 0 spiro atoms. The number of nitriles is 1. The Morgan fingerprint density at radius 2 is 2.00 bits per heavy atom.